The molecule has 0 spiro atoms. The summed E-state index contributed by atoms with van der Waals surface area (Å²) >= 11 is 11.9. The number of hydrogen-bond donors (Lipinski definition) is 1. The number of rotatable bonds is 5. The topological polar surface area (TPSA) is 51.5 Å². The van der Waals surface area contributed by atoms with Gasteiger partial charge in [-0.25, -0.2) is 0 Å². The normalized spacial score (nSPS) is 10.6. The zero-order chi connectivity index (χ0) is 18.7. The number of amides is 1. The van der Waals surface area contributed by atoms with Gasteiger partial charge in [0.15, 0.2) is 5.76 Å². The average Bonchev–Trinajstić information content (AvgIpc) is 3.06. The third kappa shape index (κ3) is 4.21. The molecule has 1 heterocycles. The van der Waals surface area contributed by atoms with Crippen molar-refractivity contribution in [1.29, 1.82) is 0 Å². The summed E-state index contributed by atoms with van der Waals surface area (Å²) in [5.41, 5.74) is 2.77. The van der Waals surface area contributed by atoms with Gasteiger partial charge in [-0.15, -0.1) is 0 Å². The highest BCUT2D eigenvalue weighted by molar-refractivity contribution is 6.35. The fourth-order valence-electron chi connectivity index (χ4n) is 2.51. The Morgan fingerprint density at radius 2 is 1.81 bits per heavy atom. The average molecular weight is 390 g/mol. The van der Waals surface area contributed by atoms with Gasteiger partial charge in [0.1, 0.15) is 18.1 Å². The van der Waals surface area contributed by atoms with Gasteiger partial charge in [0.2, 0.25) is 0 Å². The Labute approximate surface area is 161 Å². The summed E-state index contributed by atoms with van der Waals surface area (Å²) in [5, 5.41) is 3.84. The SMILES string of the molecule is Cc1cccc(C)c1NC(=O)c1ccc(COc2ccc(Cl)cc2Cl)o1. The molecule has 0 fully saturated rings. The van der Waals surface area contributed by atoms with Crippen molar-refractivity contribution >= 4 is 34.8 Å². The van der Waals surface area contributed by atoms with Crippen molar-refractivity contribution in [2.75, 3.05) is 5.32 Å². The number of carbonyl (C=O) groups is 1. The van der Waals surface area contributed by atoms with Crippen LogP contribution in [0, 0.1) is 13.8 Å². The number of benzene rings is 2. The van der Waals surface area contributed by atoms with Crippen molar-refractivity contribution in [1.82, 2.24) is 0 Å². The number of aryl methyl sites for hydroxylation is 2. The molecule has 2 aromatic carbocycles. The van der Waals surface area contributed by atoms with Crippen molar-refractivity contribution < 1.29 is 13.9 Å². The highest BCUT2D eigenvalue weighted by Gasteiger charge is 2.14. The zero-order valence-electron chi connectivity index (χ0n) is 14.3. The number of anilines is 1. The summed E-state index contributed by atoms with van der Waals surface area (Å²) in [6, 6.07) is 14.1. The van der Waals surface area contributed by atoms with E-state index in [1.165, 1.54) is 0 Å². The number of para-hydroxylation sites is 1. The Bertz CT molecular complexity index is 930. The molecular formula is C20H17Cl2NO3. The van der Waals surface area contributed by atoms with Gasteiger partial charge in [0, 0.05) is 10.7 Å². The highest BCUT2D eigenvalue weighted by atomic mass is 35.5. The summed E-state index contributed by atoms with van der Waals surface area (Å²) in [6.45, 7) is 4.04. The maximum atomic E-state index is 12.4. The van der Waals surface area contributed by atoms with Gasteiger partial charge in [-0.05, 0) is 55.3 Å². The number of ether oxygens (including phenoxy) is 1. The molecule has 0 bridgehead atoms. The summed E-state index contributed by atoms with van der Waals surface area (Å²) in [7, 11) is 0. The van der Waals surface area contributed by atoms with Crippen LogP contribution in [0.25, 0.3) is 0 Å². The lowest BCUT2D eigenvalue weighted by Gasteiger charge is -2.10. The first-order chi connectivity index (χ1) is 12.4. The highest BCUT2D eigenvalue weighted by Crippen LogP contribution is 2.28. The molecule has 134 valence electrons. The molecule has 0 unspecified atom stereocenters. The molecular weight excluding hydrogens is 373 g/mol. The van der Waals surface area contributed by atoms with Crippen LogP contribution >= 0.6 is 23.2 Å². The van der Waals surface area contributed by atoms with Gasteiger partial charge in [0.05, 0.1) is 5.02 Å². The lowest BCUT2D eigenvalue weighted by Crippen LogP contribution is -2.13. The van der Waals surface area contributed by atoms with E-state index in [4.69, 9.17) is 32.4 Å². The van der Waals surface area contributed by atoms with Crippen molar-refractivity contribution in [3.05, 3.63) is 81.2 Å². The molecule has 0 radical (unpaired) electrons. The van der Waals surface area contributed by atoms with Gasteiger partial charge in [-0.2, -0.15) is 0 Å². The molecule has 0 saturated heterocycles. The molecule has 0 aliphatic rings. The second kappa shape index (κ2) is 7.85. The van der Waals surface area contributed by atoms with E-state index in [1.807, 2.05) is 32.0 Å². The maximum Gasteiger partial charge on any atom is 0.291 e. The van der Waals surface area contributed by atoms with E-state index < -0.39 is 0 Å². The van der Waals surface area contributed by atoms with Gasteiger partial charge in [0.25, 0.3) is 5.91 Å². The molecule has 6 heteroatoms. The molecule has 4 nitrogen and oxygen atoms in total. The quantitative estimate of drug-likeness (QED) is 0.578. The zero-order valence-corrected chi connectivity index (χ0v) is 15.8. The van der Waals surface area contributed by atoms with Gasteiger partial charge in [-0.1, -0.05) is 41.4 Å². The Morgan fingerprint density at radius 3 is 2.50 bits per heavy atom. The van der Waals surface area contributed by atoms with Crippen LogP contribution in [0.3, 0.4) is 0 Å². The molecule has 3 aromatic rings. The molecule has 3 rings (SSSR count). The molecule has 0 aliphatic carbocycles. The summed E-state index contributed by atoms with van der Waals surface area (Å²) in [4.78, 5) is 12.4. The van der Waals surface area contributed by atoms with Crippen LogP contribution in [0.4, 0.5) is 5.69 Å². The Balaban J connectivity index is 1.66. The minimum absolute atomic E-state index is 0.151. The summed E-state index contributed by atoms with van der Waals surface area (Å²) in [5.74, 6) is 0.920. The number of hydrogen-bond acceptors (Lipinski definition) is 3. The fraction of sp³-hybridized carbons (Fsp3) is 0.150. The van der Waals surface area contributed by atoms with Crippen LogP contribution in [-0.2, 0) is 6.61 Å². The Kier molecular flexibility index (Phi) is 5.55. The monoisotopic (exact) mass is 389 g/mol. The van der Waals surface area contributed by atoms with Crippen molar-refractivity contribution in [3.63, 3.8) is 0 Å². The van der Waals surface area contributed by atoms with E-state index in [9.17, 15) is 4.79 Å². The molecule has 0 atom stereocenters. The molecule has 26 heavy (non-hydrogen) atoms. The first-order valence-corrected chi connectivity index (χ1v) is 8.74. The lowest BCUT2D eigenvalue weighted by molar-refractivity contribution is 0.0992. The van der Waals surface area contributed by atoms with Crippen LogP contribution < -0.4 is 10.1 Å². The third-order valence-electron chi connectivity index (χ3n) is 3.87. The van der Waals surface area contributed by atoms with Crippen LogP contribution in [-0.4, -0.2) is 5.91 Å². The first-order valence-electron chi connectivity index (χ1n) is 7.98. The van der Waals surface area contributed by atoms with Gasteiger partial charge >= 0.3 is 0 Å². The molecule has 0 saturated carbocycles. The van der Waals surface area contributed by atoms with E-state index in [0.29, 0.717) is 21.6 Å². The number of carbonyl (C=O) groups excluding carboxylic acids is 1. The van der Waals surface area contributed by atoms with Crippen molar-refractivity contribution in [2.45, 2.75) is 20.5 Å². The smallest absolute Gasteiger partial charge is 0.291 e. The Morgan fingerprint density at radius 1 is 1.08 bits per heavy atom. The van der Waals surface area contributed by atoms with E-state index in [0.717, 1.165) is 16.8 Å². The minimum atomic E-state index is -0.307. The summed E-state index contributed by atoms with van der Waals surface area (Å²) < 4.78 is 11.2. The molecule has 0 aliphatic heterocycles. The maximum absolute atomic E-state index is 12.4. The molecule has 1 amide bonds. The minimum Gasteiger partial charge on any atom is -0.484 e. The van der Waals surface area contributed by atoms with E-state index in [2.05, 4.69) is 5.32 Å². The van der Waals surface area contributed by atoms with Crippen molar-refractivity contribution in [2.24, 2.45) is 0 Å². The van der Waals surface area contributed by atoms with E-state index in [1.54, 1.807) is 30.3 Å². The third-order valence-corrected chi connectivity index (χ3v) is 4.40. The second-order valence-electron chi connectivity index (χ2n) is 5.85. The Hall–Kier alpha value is -2.43. The van der Waals surface area contributed by atoms with Crippen LogP contribution in [0.5, 0.6) is 5.75 Å². The standard InChI is InChI=1S/C20H17Cl2NO3/c1-12-4-3-5-13(2)19(12)23-20(24)18-9-7-15(26-18)11-25-17-8-6-14(21)10-16(17)22/h3-10H,11H2,1-2H3,(H,23,24). The first kappa shape index (κ1) is 18.4. The number of furan rings is 1. The predicted octanol–water partition coefficient (Wildman–Crippen LogP) is 6.03. The summed E-state index contributed by atoms with van der Waals surface area (Å²) in [6.07, 6.45) is 0. The number of nitrogens with one attached hydrogen (secondary N) is 1. The van der Waals surface area contributed by atoms with Crippen LogP contribution in [0.1, 0.15) is 27.4 Å². The molecule has 1 N–H and O–H groups in total. The van der Waals surface area contributed by atoms with E-state index >= 15 is 0 Å². The lowest BCUT2D eigenvalue weighted by atomic mass is 10.1. The van der Waals surface area contributed by atoms with Gasteiger partial charge < -0.3 is 14.5 Å². The molecule has 1 aromatic heterocycles. The van der Waals surface area contributed by atoms with Crippen LogP contribution in [0.2, 0.25) is 10.0 Å². The van der Waals surface area contributed by atoms with Crippen LogP contribution in [0.15, 0.2) is 52.9 Å². The largest absolute Gasteiger partial charge is 0.484 e. The second-order valence-corrected chi connectivity index (χ2v) is 6.69. The van der Waals surface area contributed by atoms with Gasteiger partial charge in [-0.3, -0.25) is 4.79 Å². The van der Waals surface area contributed by atoms with E-state index in [-0.39, 0.29) is 18.3 Å². The predicted molar refractivity (Wildman–Crippen MR) is 103 cm³/mol. The fourth-order valence-corrected chi connectivity index (χ4v) is 2.97. The number of halogens is 2. The van der Waals surface area contributed by atoms with Crippen molar-refractivity contribution in [3.8, 4) is 5.75 Å².